The van der Waals surface area contributed by atoms with Gasteiger partial charge < -0.3 is 4.42 Å². The molecule has 2 heterocycles. The molecule has 1 N–H and O–H groups in total. The van der Waals surface area contributed by atoms with Crippen LogP contribution in [0, 0.1) is 0 Å². The minimum atomic E-state index is -3.51. The highest BCUT2D eigenvalue weighted by Gasteiger charge is 2.26. The number of sulfonamides is 1. The molecule has 3 rings (SSSR count). The van der Waals surface area contributed by atoms with Crippen LogP contribution < -0.4 is 5.32 Å². The number of hydrogen-bond acceptors (Lipinski definition) is 6. The fourth-order valence-electron chi connectivity index (χ4n) is 2.72. The lowest BCUT2D eigenvalue weighted by Gasteiger charge is -2.25. The van der Waals surface area contributed by atoms with Crippen LogP contribution in [0.1, 0.15) is 55.3 Å². The van der Waals surface area contributed by atoms with Crippen molar-refractivity contribution in [1.82, 2.24) is 14.5 Å². The van der Waals surface area contributed by atoms with E-state index < -0.39 is 15.9 Å². The molecular weight excluding hydrogens is 356 g/mol. The molecule has 8 nitrogen and oxygen atoms in total. The van der Waals surface area contributed by atoms with E-state index in [1.807, 2.05) is 13.8 Å². The number of hydrogen-bond donors (Lipinski definition) is 1. The first kappa shape index (κ1) is 18.5. The summed E-state index contributed by atoms with van der Waals surface area (Å²) in [5.74, 6) is 0.0570. The molecule has 0 aliphatic carbocycles. The molecule has 0 radical (unpaired) electrons. The molecule has 0 bridgehead atoms. The highest BCUT2D eigenvalue weighted by molar-refractivity contribution is 7.89. The molecule has 0 saturated carbocycles. The van der Waals surface area contributed by atoms with E-state index in [0.29, 0.717) is 24.5 Å². The molecule has 1 fully saturated rings. The minimum absolute atomic E-state index is 0.0173. The van der Waals surface area contributed by atoms with Gasteiger partial charge in [0, 0.05) is 24.6 Å². The van der Waals surface area contributed by atoms with Crippen LogP contribution >= 0.6 is 0 Å². The van der Waals surface area contributed by atoms with E-state index in [0.717, 1.165) is 19.3 Å². The Morgan fingerprint density at radius 3 is 2.35 bits per heavy atom. The minimum Gasteiger partial charge on any atom is -0.408 e. The van der Waals surface area contributed by atoms with Crippen LogP contribution in [0.5, 0.6) is 0 Å². The molecule has 26 heavy (non-hydrogen) atoms. The largest absolute Gasteiger partial charge is 0.408 e. The van der Waals surface area contributed by atoms with Gasteiger partial charge in [-0.3, -0.25) is 10.1 Å². The van der Waals surface area contributed by atoms with E-state index in [1.54, 1.807) is 0 Å². The Balaban J connectivity index is 1.71. The molecule has 1 aliphatic rings. The lowest BCUT2D eigenvalue weighted by atomic mass is 10.2. The molecular formula is C17H22N4O4S. The Morgan fingerprint density at radius 2 is 1.77 bits per heavy atom. The van der Waals surface area contributed by atoms with E-state index >= 15 is 0 Å². The number of amides is 1. The fraction of sp³-hybridized carbons (Fsp3) is 0.471. The molecule has 1 aromatic heterocycles. The molecule has 0 unspecified atom stereocenters. The molecule has 1 aromatic carbocycles. The molecule has 2 aromatic rings. The van der Waals surface area contributed by atoms with Crippen molar-refractivity contribution in [2.45, 2.75) is 43.9 Å². The summed E-state index contributed by atoms with van der Waals surface area (Å²) >= 11 is 0. The highest BCUT2D eigenvalue weighted by Crippen LogP contribution is 2.21. The number of anilines is 1. The third kappa shape index (κ3) is 3.94. The summed E-state index contributed by atoms with van der Waals surface area (Å²) in [5, 5.41) is 10.1. The highest BCUT2D eigenvalue weighted by atomic mass is 32.2. The van der Waals surface area contributed by atoms with E-state index in [9.17, 15) is 13.2 Å². The van der Waals surface area contributed by atoms with Crippen LogP contribution in [0.2, 0.25) is 0 Å². The number of aromatic nitrogens is 2. The Hall–Kier alpha value is -2.26. The van der Waals surface area contributed by atoms with E-state index in [-0.39, 0.29) is 16.8 Å². The van der Waals surface area contributed by atoms with Crippen molar-refractivity contribution in [3.63, 3.8) is 0 Å². The summed E-state index contributed by atoms with van der Waals surface area (Å²) in [6, 6.07) is 5.87. The first-order valence-corrected chi connectivity index (χ1v) is 10.1. The summed E-state index contributed by atoms with van der Waals surface area (Å²) in [4.78, 5) is 12.4. The maximum atomic E-state index is 12.6. The van der Waals surface area contributed by atoms with Gasteiger partial charge in [-0.1, -0.05) is 25.4 Å². The quantitative estimate of drug-likeness (QED) is 0.857. The topological polar surface area (TPSA) is 105 Å². The van der Waals surface area contributed by atoms with Crippen LogP contribution in [0.25, 0.3) is 0 Å². The van der Waals surface area contributed by atoms with Crippen molar-refractivity contribution in [3.05, 3.63) is 35.7 Å². The van der Waals surface area contributed by atoms with Gasteiger partial charge in [0.1, 0.15) is 0 Å². The van der Waals surface area contributed by atoms with Gasteiger partial charge >= 0.3 is 6.01 Å². The van der Waals surface area contributed by atoms with Crippen molar-refractivity contribution >= 4 is 21.9 Å². The van der Waals surface area contributed by atoms with Crippen molar-refractivity contribution in [2.24, 2.45) is 0 Å². The Bertz CT molecular complexity index is 868. The predicted molar refractivity (Wildman–Crippen MR) is 95.4 cm³/mol. The second-order valence-corrected chi connectivity index (χ2v) is 8.48. The first-order chi connectivity index (χ1) is 12.4. The van der Waals surface area contributed by atoms with Gasteiger partial charge in [0.25, 0.3) is 5.91 Å². The second-order valence-electron chi connectivity index (χ2n) is 6.54. The number of nitrogens with zero attached hydrogens (tertiary/aromatic N) is 3. The Labute approximate surface area is 152 Å². The zero-order valence-corrected chi connectivity index (χ0v) is 15.6. The van der Waals surface area contributed by atoms with Crippen molar-refractivity contribution in [3.8, 4) is 0 Å². The normalized spacial score (nSPS) is 16.0. The average molecular weight is 378 g/mol. The lowest BCUT2D eigenvalue weighted by molar-refractivity contribution is 0.102. The van der Waals surface area contributed by atoms with Crippen LogP contribution in [0.15, 0.2) is 33.6 Å². The SMILES string of the molecule is CC(C)c1nnc(NC(=O)c2ccc(S(=O)(=O)N3CCCCC3)cc2)o1. The Morgan fingerprint density at radius 1 is 1.12 bits per heavy atom. The van der Waals surface area contributed by atoms with Crippen molar-refractivity contribution in [2.75, 3.05) is 18.4 Å². The van der Waals surface area contributed by atoms with Gasteiger partial charge in [0.05, 0.1) is 4.90 Å². The number of carbonyl (C=O) groups is 1. The summed E-state index contributed by atoms with van der Waals surface area (Å²) in [6.07, 6.45) is 2.81. The zero-order chi connectivity index (χ0) is 18.7. The van der Waals surface area contributed by atoms with Crippen molar-refractivity contribution in [1.29, 1.82) is 0 Å². The van der Waals surface area contributed by atoms with Gasteiger partial charge in [-0.2, -0.15) is 4.31 Å². The zero-order valence-electron chi connectivity index (χ0n) is 14.8. The van der Waals surface area contributed by atoms with Crippen LogP contribution in [0.4, 0.5) is 6.01 Å². The number of piperidine rings is 1. The lowest BCUT2D eigenvalue weighted by Crippen LogP contribution is -2.35. The monoisotopic (exact) mass is 378 g/mol. The Kier molecular flexibility index (Phi) is 5.38. The van der Waals surface area contributed by atoms with Crippen molar-refractivity contribution < 1.29 is 17.6 Å². The molecule has 1 amide bonds. The number of carbonyl (C=O) groups excluding carboxylic acids is 1. The number of rotatable bonds is 5. The summed E-state index contributed by atoms with van der Waals surface area (Å²) < 4.78 is 32.1. The maximum absolute atomic E-state index is 12.6. The first-order valence-electron chi connectivity index (χ1n) is 8.63. The molecule has 140 valence electrons. The third-order valence-electron chi connectivity index (χ3n) is 4.22. The molecule has 1 aliphatic heterocycles. The van der Waals surface area contributed by atoms with Crippen LogP contribution in [-0.4, -0.2) is 41.9 Å². The van der Waals surface area contributed by atoms with Gasteiger partial charge in [0.15, 0.2) is 0 Å². The number of nitrogens with one attached hydrogen (secondary N) is 1. The molecule has 1 saturated heterocycles. The molecule has 0 spiro atoms. The van der Waals surface area contributed by atoms with E-state index in [4.69, 9.17) is 4.42 Å². The summed E-state index contributed by atoms with van der Waals surface area (Å²) in [5.41, 5.74) is 0.312. The van der Waals surface area contributed by atoms with Crippen LogP contribution in [0.3, 0.4) is 0 Å². The van der Waals surface area contributed by atoms with Crippen LogP contribution in [-0.2, 0) is 10.0 Å². The number of benzene rings is 1. The molecule has 9 heteroatoms. The van der Waals surface area contributed by atoms with E-state index in [1.165, 1.54) is 28.6 Å². The van der Waals surface area contributed by atoms with Gasteiger partial charge in [-0.25, -0.2) is 8.42 Å². The summed E-state index contributed by atoms with van der Waals surface area (Å²) in [6.45, 7) is 4.89. The van der Waals surface area contributed by atoms with Gasteiger partial charge in [-0.05, 0) is 37.1 Å². The predicted octanol–water partition coefficient (Wildman–Crippen LogP) is 2.62. The molecule has 0 atom stereocenters. The third-order valence-corrected chi connectivity index (χ3v) is 6.14. The smallest absolute Gasteiger partial charge is 0.322 e. The second kappa shape index (κ2) is 7.55. The maximum Gasteiger partial charge on any atom is 0.322 e. The summed E-state index contributed by atoms with van der Waals surface area (Å²) in [7, 11) is -3.51. The fourth-order valence-corrected chi connectivity index (χ4v) is 4.24. The van der Waals surface area contributed by atoms with Gasteiger partial charge in [-0.15, -0.1) is 5.10 Å². The van der Waals surface area contributed by atoms with Gasteiger partial charge in [0.2, 0.25) is 15.9 Å². The van der Waals surface area contributed by atoms with E-state index in [2.05, 4.69) is 15.5 Å². The standard InChI is InChI=1S/C17H22N4O4S/c1-12(2)16-19-20-17(25-16)18-15(22)13-6-8-14(9-7-13)26(23,24)21-10-4-3-5-11-21/h6-9,12H,3-5,10-11H2,1-2H3,(H,18,20,22). The average Bonchev–Trinajstić information content (AvgIpc) is 3.11.